The average Bonchev–Trinajstić information content (AvgIpc) is 2.94. The van der Waals surface area contributed by atoms with Gasteiger partial charge in [0.05, 0.1) is 5.60 Å². The number of likely N-dealkylation sites (N-methyl/N-ethyl adjacent to an activating group) is 1. The Labute approximate surface area is 134 Å². The van der Waals surface area contributed by atoms with Gasteiger partial charge in [0.1, 0.15) is 0 Å². The zero-order chi connectivity index (χ0) is 15.3. The fourth-order valence-corrected chi connectivity index (χ4v) is 4.25. The Morgan fingerprint density at radius 3 is 2.48 bits per heavy atom. The molecular formula is C18H31NOS. The second-order valence-electron chi connectivity index (χ2n) is 7.11. The van der Waals surface area contributed by atoms with Gasteiger partial charge in [0, 0.05) is 12.6 Å². The minimum absolute atomic E-state index is 0.0161. The summed E-state index contributed by atoms with van der Waals surface area (Å²) in [5.74, 6) is 0. The van der Waals surface area contributed by atoms with Crippen LogP contribution in [0.5, 0.6) is 0 Å². The van der Waals surface area contributed by atoms with Gasteiger partial charge in [-0.2, -0.15) is 11.3 Å². The molecule has 0 radical (unpaired) electrons. The van der Waals surface area contributed by atoms with Crippen molar-refractivity contribution in [2.45, 2.75) is 71.4 Å². The quantitative estimate of drug-likeness (QED) is 0.792. The molecule has 0 bridgehead atoms. The van der Waals surface area contributed by atoms with Crippen molar-refractivity contribution < 1.29 is 4.74 Å². The van der Waals surface area contributed by atoms with E-state index in [4.69, 9.17) is 4.74 Å². The second-order valence-corrected chi connectivity index (χ2v) is 7.89. The summed E-state index contributed by atoms with van der Waals surface area (Å²) in [4.78, 5) is 0. The van der Waals surface area contributed by atoms with Crippen LogP contribution in [-0.2, 0) is 11.2 Å². The first kappa shape index (κ1) is 17.0. The highest BCUT2D eigenvalue weighted by molar-refractivity contribution is 7.07. The van der Waals surface area contributed by atoms with E-state index in [9.17, 15) is 0 Å². The van der Waals surface area contributed by atoms with E-state index in [0.717, 1.165) is 19.6 Å². The van der Waals surface area contributed by atoms with Crippen LogP contribution in [0.2, 0.25) is 0 Å². The number of nitrogens with one attached hydrogen (secondary N) is 1. The molecule has 1 atom stereocenters. The lowest BCUT2D eigenvalue weighted by Crippen LogP contribution is -2.56. The number of ether oxygens (including phenoxy) is 1. The monoisotopic (exact) mass is 309 g/mol. The lowest BCUT2D eigenvalue weighted by Gasteiger charge is -2.48. The van der Waals surface area contributed by atoms with E-state index in [2.05, 4.69) is 49.8 Å². The third-order valence-corrected chi connectivity index (χ3v) is 5.72. The number of rotatable bonds is 7. The van der Waals surface area contributed by atoms with Crippen LogP contribution in [0.3, 0.4) is 0 Å². The van der Waals surface area contributed by atoms with Crippen LogP contribution in [-0.4, -0.2) is 24.8 Å². The fourth-order valence-electron chi connectivity index (χ4n) is 3.57. The maximum absolute atomic E-state index is 6.37. The molecule has 2 rings (SSSR count). The molecule has 0 spiro atoms. The maximum Gasteiger partial charge on any atom is 0.0838 e. The molecule has 0 aliphatic heterocycles. The van der Waals surface area contributed by atoms with Crippen molar-refractivity contribution in [3.8, 4) is 0 Å². The van der Waals surface area contributed by atoms with Crippen LogP contribution < -0.4 is 5.32 Å². The van der Waals surface area contributed by atoms with Crippen molar-refractivity contribution in [3.05, 3.63) is 22.4 Å². The largest absolute Gasteiger partial charge is 0.374 e. The molecule has 1 aromatic heterocycles. The SMILES string of the molecule is CCNC(Cc1ccsc1)C1(OCC)CCC(C)(C)CC1. The minimum atomic E-state index is 0.0161. The summed E-state index contributed by atoms with van der Waals surface area (Å²) in [7, 11) is 0. The summed E-state index contributed by atoms with van der Waals surface area (Å²) in [6.07, 6.45) is 5.96. The van der Waals surface area contributed by atoms with Gasteiger partial charge >= 0.3 is 0 Å². The highest BCUT2D eigenvalue weighted by atomic mass is 32.1. The molecule has 1 unspecified atom stereocenters. The van der Waals surface area contributed by atoms with E-state index < -0.39 is 0 Å². The average molecular weight is 310 g/mol. The van der Waals surface area contributed by atoms with Crippen molar-refractivity contribution in [1.29, 1.82) is 0 Å². The highest BCUT2D eigenvalue weighted by Gasteiger charge is 2.44. The summed E-state index contributed by atoms with van der Waals surface area (Å²) < 4.78 is 6.37. The first-order chi connectivity index (χ1) is 10.0. The van der Waals surface area contributed by atoms with Crippen molar-refractivity contribution in [2.75, 3.05) is 13.2 Å². The Morgan fingerprint density at radius 1 is 1.24 bits per heavy atom. The fraction of sp³-hybridized carbons (Fsp3) is 0.778. The number of thiophene rings is 1. The lowest BCUT2D eigenvalue weighted by atomic mass is 9.67. The molecule has 0 aromatic carbocycles. The van der Waals surface area contributed by atoms with Crippen molar-refractivity contribution in [3.63, 3.8) is 0 Å². The van der Waals surface area contributed by atoms with E-state index in [1.807, 2.05) is 0 Å². The molecule has 1 aliphatic rings. The van der Waals surface area contributed by atoms with Gasteiger partial charge in [-0.1, -0.05) is 20.8 Å². The van der Waals surface area contributed by atoms with E-state index >= 15 is 0 Å². The molecule has 0 saturated heterocycles. The van der Waals surface area contributed by atoms with Gasteiger partial charge in [-0.05, 0) is 73.4 Å². The molecule has 21 heavy (non-hydrogen) atoms. The molecule has 1 N–H and O–H groups in total. The highest BCUT2D eigenvalue weighted by Crippen LogP contribution is 2.44. The molecule has 1 aromatic rings. The smallest absolute Gasteiger partial charge is 0.0838 e. The van der Waals surface area contributed by atoms with Gasteiger partial charge in [0.2, 0.25) is 0 Å². The molecule has 0 amide bonds. The van der Waals surface area contributed by atoms with Gasteiger partial charge in [-0.3, -0.25) is 0 Å². The number of hydrogen-bond acceptors (Lipinski definition) is 3. The summed E-state index contributed by atoms with van der Waals surface area (Å²) in [5.41, 5.74) is 1.93. The summed E-state index contributed by atoms with van der Waals surface area (Å²) in [6.45, 7) is 10.9. The molecule has 1 aliphatic carbocycles. The van der Waals surface area contributed by atoms with Crippen molar-refractivity contribution >= 4 is 11.3 Å². The normalized spacial score (nSPS) is 22.1. The molecule has 3 heteroatoms. The van der Waals surface area contributed by atoms with Crippen LogP contribution in [0, 0.1) is 5.41 Å². The first-order valence-corrected chi connectivity index (χ1v) is 9.34. The Balaban J connectivity index is 2.15. The summed E-state index contributed by atoms with van der Waals surface area (Å²) >= 11 is 1.79. The van der Waals surface area contributed by atoms with Crippen molar-refractivity contribution in [2.24, 2.45) is 5.41 Å². The molecule has 120 valence electrons. The molecular weight excluding hydrogens is 278 g/mol. The Hall–Kier alpha value is -0.380. The summed E-state index contributed by atoms with van der Waals surface area (Å²) in [5, 5.41) is 8.17. The molecule has 1 fully saturated rings. The van der Waals surface area contributed by atoms with Gasteiger partial charge in [0.15, 0.2) is 0 Å². The van der Waals surface area contributed by atoms with Crippen LogP contribution in [0.15, 0.2) is 16.8 Å². The van der Waals surface area contributed by atoms with E-state index in [0.29, 0.717) is 11.5 Å². The second kappa shape index (κ2) is 7.26. The van der Waals surface area contributed by atoms with E-state index in [1.165, 1.54) is 31.2 Å². The predicted molar refractivity (Wildman–Crippen MR) is 92.1 cm³/mol. The maximum atomic E-state index is 6.37. The number of hydrogen-bond donors (Lipinski definition) is 1. The Bertz CT molecular complexity index is 403. The van der Waals surface area contributed by atoms with Crippen LogP contribution in [0.4, 0.5) is 0 Å². The van der Waals surface area contributed by atoms with Crippen LogP contribution in [0.25, 0.3) is 0 Å². The molecule has 2 nitrogen and oxygen atoms in total. The third kappa shape index (κ3) is 4.30. The summed E-state index contributed by atoms with van der Waals surface area (Å²) in [6, 6.07) is 2.68. The van der Waals surface area contributed by atoms with E-state index in [1.54, 1.807) is 11.3 Å². The Morgan fingerprint density at radius 2 is 1.95 bits per heavy atom. The van der Waals surface area contributed by atoms with Gasteiger partial charge < -0.3 is 10.1 Å². The first-order valence-electron chi connectivity index (χ1n) is 8.40. The van der Waals surface area contributed by atoms with Gasteiger partial charge in [-0.15, -0.1) is 0 Å². The molecule has 1 heterocycles. The zero-order valence-corrected chi connectivity index (χ0v) is 14.9. The van der Waals surface area contributed by atoms with Crippen LogP contribution >= 0.6 is 11.3 Å². The van der Waals surface area contributed by atoms with Crippen LogP contribution in [0.1, 0.15) is 58.9 Å². The standard InChI is InChI=1S/C18H31NOS/c1-5-19-16(13-15-7-12-21-14-15)18(20-6-2)10-8-17(3,4)9-11-18/h7,12,14,16,19H,5-6,8-11,13H2,1-4H3. The van der Waals surface area contributed by atoms with Crippen molar-refractivity contribution in [1.82, 2.24) is 5.32 Å². The molecule has 1 saturated carbocycles. The lowest BCUT2D eigenvalue weighted by molar-refractivity contribution is -0.106. The third-order valence-electron chi connectivity index (χ3n) is 4.99. The predicted octanol–water partition coefficient (Wildman–Crippen LogP) is 4.64. The Kier molecular flexibility index (Phi) is 5.87. The topological polar surface area (TPSA) is 21.3 Å². The minimum Gasteiger partial charge on any atom is -0.374 e. The zero-order valence-electron chi connectivity index (χ0n) is 14.1. The van der Waals surface area contributed by atoms with Gasteiger partial charge in [0.25, 0.3) is 0 Å². The van der Waals surface area contributed by atoms with E-state index in [-0.39, 0.29) is 5.60 Å². The van der Waals surface area contributed by atoms with Gasteiger partial charge in [-0.25, -0.2) is 0 Å².